The van der Waals surface area contributed by atoms with Gasteiger partial charge < -0.3 is 20.1 Å². The van der Waals surface area contributed by atoms with Crippen LogP contribution in [0.5, 0.6) is 5.75 Å². The number of rotatable bonds is 6. The number of carbonyl (C=O) groups is 1. The molecule has 1 aliphatic heterocycles. The molecule has 2 rings (SSSR count). The molecule has 116 valence electrons. The number of benzene rings is 1. The molecule has 0 spiro atoms. The van der Waals surface area contributed by atoms with Crippen molar-refractivity contribution in [3.63, 3.8) is 0 Å². The van der Waals surface area contributed by atoms with Gasteiger partial charge in [-0.25, -0.2) is 0 Å². The van der Waals surface area contributed by atoms with E-state index in [1.54, 1.807) is 4.90 Å². The molecule has 1 aliphatic rings. The average molecular weight is 292 g/mol. The highest BCUT2D eigenvalue weighted by molar-refractivity contribution is 5.77. The molecule has 5 nitrogen and oxygen atoms in total. The van der Waals surface area contributed by atoms with Gasteiger partial charge in [0.2, 0.25) is 0 Å². The fourth-order valence-corrected chi connectivity index (χ4v) is 2.26. The van der Waals surface area contributed by atoms with Crippen LogP contribution in [0.15, 0.2) is 24.3 Å². The predicted octanol–water partition coefficient (Wildman–Crippen LogP) is 1.20. The number of carbonyl (C=O) groups excluding carboxylic acids is 1. The van der Waals surface area contributed by atoms with Crippen LogP contribution >= 0.6 is 0 Å². The maximum Gasteiger partial charge on any atom is 0.260 e. The second kappa shape index (κ2) is 8.00. The van der Waals surface area contributed by atoms with E-state index in [-0.39, 0.29) is 18.6 Å². The van der Waals surface area contributed by atoms with Crippen LogP contribution in [0.2, 0.25) is 0 Å². The maximum absolute atomic E-state index is 12.0. The summed E-state index contributed by atoms with van der Waals surface area (Å²) < 4.78 is 10.8. The summed E-state index contributed by atoms with van der Waals surface area (Å²) in [4.78, 5) is 13.8. The first-order valence-corrected chi connectivity index (χ1v) is 7.52. The number of amides is 1. The molecular weight excluding hydrogens is 268 g/mol. The molecular formula is C16H24N2O3. The van der Waals surface area contributed by atoms with Crippen molar-refractivity contribution in [3.05, 3.63) is 29.8 Å². The lowest BCUT2D eigenvalue weighted by Crippen LogP contribution is -2.42. The third-order valence-corrected chi connectivity index (χ3v) is 3.65. The van der Waals surface area contributed by atoms with E-state index in [1.807, 2.05) is 24.3 Å². The van der Waals surface area contributed by atoms with E-state index in [1.165, 1.54) is 0 Å². The highest BCUT2D eigenvalue weighted by atomic mass is 16.5. The maximum atomic E-state index is 12.0. The molecule has 0 bridgehead atoms. The standard InChI is InChI=1S/C16H24N2O3/c1-2-14(17)10-13-4-3-5-15(11-13)21-12-16(19)18-6-8-20-9-7-18/h3-5,11,14H,2,6-10,12,17H2,1H3. The molecule has 1 fully saturated rings. The van der Waals surface area contributed by atoms with Crippen LogP contribution in [0.3, 0.4) is 0 Å². The van der Waals surface area contributed by atoms with E-state index in [2.05, 4.69) is 6.92 Å². The fraction of sp³-hybridized carbons (Fsp3) is 0.562. The van der Waals surface area contributed by atoms with Crippen LogP contribution in [0.25, 0.3) is 0 Å². The van der Waals surface area contributed by atoms with Gasteiger partial charge in [0.05, 0.1) is 13.2 Å². The fourth-order valence-electron chi connectivity index (χ4n) is 2.26. The number of hydrogen-bond acceptors (Lipinski definition) is 4. The average Bonchev–Trinajstić information content (AvgIpc) is 2.53. The number of nitrogens with zero attached hydrogens (tertiary/aromatic N) is 1. The van der Waals surface area contributed by atoms with Gasteiger partial charge in [-0.15, -0.1) is 0 Å². The summed E-state index contributed by atoms with van der Waals surface area (Å²) in [6.07, 6.45) is 1.77. The van der Waals surface area contributed by atoms with Crippen molar-refractivity contribution in [2.75, 3.05) is 32.9 Å². The van der Waals surface area contributed by atoms with Crippen molar-refractivity contribution in [2.24, 2.45) is 5.73 Å². The van der Waals surface area contributed by atoms with Crippen molar-refractivity contribution in [1.82, 2.24) is 4.90 Å². The van der Waals surface area contributed by atoms with Gasteiger partial charge in [0, 0.05) is 19.1 Å². The van der Waals surface area contributed by atoms with E-state index in [9.17, 15) is 4.79 Å². The van der Waals surface area contributed by atoms with Gasteiger partial charge in [-0.05, 0) is 30.5 Å². The highest BCUT2D eigenvalue weighted by Gasteiger charge is 2.17. The molecule has 5 heteroatoms. The van der Waals surface area contributed by atoms with Crippen molar-refractivity contribution in [3.8, 4) is 5.75 Å². The molecule has 1 unspecified atom stereocenters. The third kappa shape index (κ3) is 5.02. The Hall–Kier alpha value is -1.59. The van der Waals surface area contributed by atoms with Crippen LogP contribution in [-0.4, -0.2) is 49.8 Å². The molecule has 2 N–H and O–H groups in total. The van der Waals surface area contributed by atoms with Crippen LogP contribution in [-0.2, 0) is 16.0 Å². The monoisotopic (exact) mass is 292 g/mol. The molecule has 0 radical (unpaired) electrons. The summed E-state index contributed by atoms with van der Waals surface area (Å²) in [6, 6.07) is 7.96. The first kappa shape index (κ1) is 15.8. The van der Waals surface area contributed by atoms with E-state index < -0.39 is 0 Å². The number of ether oxygens (including phenoxy) is 2. The van der Waals surface area contributed by atoms with Gasteiger partial charge in [0.25, 0.3) is 5.91 Å². The van der Waals surface area contributed by atoms with Crippen molar-refractivity contribution in [1.29, 1.82) is 0 Å². The first-order valence-electron chi connectivity index (χ1n) is 7.52. The zero-order chi connectivity index (χ0) is 15.1. The summed E-state index contributed by atoms with van der Waals surface area (Å²) in [5.74, 6) is 0.728. The lowest BCUT2D eigenvalue weighted by atomic mass is 10.0. The van der Waals surface area contributed by atoms with Gasteiger partial charge in [0.15, 0.2) is 6.61 Å². The Balaban J connectivity index is 1.84. The lowest BCUT2D eigenvalue weighted by Gasteiger charge is -2.26. The SMILES string of the molecule is CCC(N)Cc1cccc(OCC(=O)N2CCOCC2)c1. The summed E-state index contributed by atoms with van der Waals surface area (Å²) in [5.41, 5.74) is 7.10. The van der Waals surface area contributed by atoms with E-state index >= 15 is 0 Å². The van der Waals surface area contributed by atoms with Gasteiger partial charge in [-0.2, -0.15) is 0 Å². The summed E-state index contributed by atoms with van der Waals surface area (Å²) in [7, 11) is 0. The van der Waals surface area contributed by atoms with Crippen LogP contribution < -0.4 is 10.5 Å². The largest absolute Gasteiger partial charge is 0.484 e. The molecule has 21 heavy (non-hydrogen) atoms. The molecule has 0 saturated carbocycles. The number of morpholine rings is 1. The molecule has 1 amide bonds. The Bertz CT molecular complexity index is 459. The van der Waals surface area contributed by atoms with Crippen molar-refractivity contribution < 1.29 is 14.3 Å². The van der Waals surface area contributed by atoms with Gasteiger partial charge >= 0.3 is 0 Å². The summed E-state index contributed by atoms with van der Waals surface area (Å²) in [6.45, 7) is 4.66. The predicted molar refractivity (Wildman–Crippen MR) is 81.3 cm³/mol. The smallest absolute Gasteiger partial charge is 0.260 e. The number of nitrogens with two attached hydrogens (primary N) is 1. The summed E-state index contributed by atoms with van der Waals surface area (Å²) in [5, 5.41) is 0. The Morgan fingerprint density at radius 2 is 2.19 bits per heavy atom. The Morgan fingerprint density at radius 1 is 1.43 bits per heavy atom. The normalized spacial score (nSPS) is 16.6. The number of hydrogen-bond donors (Lipinski definition) is 1. The molecule has 0 aliphatic carbocycles. The second-order valence-corrected chi connectivity index (χ2v) is 5.30. The molecule has 1 aromatic rings. The third-order valence-electron chi connectivity index (χ3n) is 3.65. The molecule has 0 aromatic heterocycles. The Morgan fingerprint density at radius 3 is 2.90 bits per heavy atom. The minimum atomic E-state index is 0.00830. The van der Waals surface area contributed by atoms with Gasteiger partial charge in [0.1, 0.15) is 5.75 Å². The van der Waals surface area contributed by atoms with E-state index in [4.69, 9.17) is 15.2 Å². The first-order chi connectivity index (χ1) is 10.2. The van der Waals surface area contributed by atoms with Gasteiger partial charge in [-0.1, -0.05) is 19.1 Å². The minimum Gasteiger partial charge on any atom is -0.484 e. The molecule has 1 atom stereocenters. The minimum absolute atomic E-state index is 0.00830. The topological polar surface area (TPSA) is 64.8 Å². The second-order valence-electron chi connectivity index (χ2n) is 5.30. The van der Waals surface area contributed by atoms with Crippen molar-refractivity contribution in [2.45, 2.75) is 25.8 Å². The molecule has 1 heterocycles. The van der Waals surface area contributed by atoms with Gasteiger partial charge in [-0.3, -0.25) is 4.79 Å². The zero-order valence-electron chi connectivity index (χ0n) is 12.6. The Labute approximate surface area is 126 Å². The highest BCUT2D eigenvalue weighted by Crippen LogP contribution is 2.15. The van der Waals surface area contributed by atoms with Crippen LogP contribution in [0, 0.1) is 0 Å². The molecule has 1 aromatic carbocycles. The Kier molecular flexibility index (Phi) is 6.02. The van der Waals surface area contributed by atoms with E-state index in [0.717, 1.165) is 24.2 Å². The van der Waals surface area contributed by atoms with E-state index in [0.29, 0.717) is 26.3 Å². The molecule has 1 saturated heterocycles. The van der Waals surface area contributed by atoms with Crippen LogP contribution in [0.1, 0.15) is 18.9 Å². The quantitative estimate of drug-likeness (QED) is 0.856. The van der Waals surface area contributed by atoms with Crippen molar-refractivity contribution >= 4 is 5.91 Å². The van der Waals surface area contributed by atoms with Crippen LogP contribution in [0.4, 0.5) is 0 Å². The zero-order valence-corrected chi connectivity index (χ0v) is 12.6. The lowest BCUT2D eigenvalue weighted by molar-refractivity contribution is -0.137. The summed E-state index contributed by atoms with van der Waals surface area (Å²) >= 11 is 0.